The predicted octanol–water partition coefficient (Wildman–Crippen LogP) is 1.52. The largest absolute Gasteiger partial charge is 0.340 e. The number of carbonyl (C=O) groups is 1. The molecule has 116 valence electrons. The van der Waals surface area contributed by atoms with E-state index in [-0.39, 0.29) is 5.92 Å². The summed E-state index contributed by atoms with van der Waals surface area (Å²) in [5.74, 6) is 1.38. The van der Waals surface area contributed by atoms with Crippen molar-refractivity contribution in [3.05, 3.63) is 0 Å². The first-order chi connectivity index (χ1) is 9.49. The van der Waals surface area contributed by atoms with Crippen LogP contribution in [0.15, 0.2) is 0 Å². The van der Waals surface area contributed by atoms with Crippen LogP contribution < -0.4 is 0 Å². The van der Waals surface area contributed by atoms with Crippen molar-refractivity contribution in [1.29, 1.82) is 0 Å². The van der Waals surface area contributed by atoms with Crippen molar-refractivity contribution in [1.82, 2.24) is 14.7 Å². The number of carbonyl (C=O) groups excluding carboxylic acids is 1. The maximum Gasteiger partial charge on any atom is 0.225 e. The average molecular weight is 281 g/mol. The Morgan fingerprint density at radius 2 is 1.50 bits per heavy atom. The van der Waals surface area contributed by atoms with Crippen LogP contribution in [0.3, 0.4) is 0 Å². The lowest BCUT2D eigenvalue weighted by molar-refractivity contribution is -0.138. The molecule has 2 rings (SSSR count). The Kier molecular flexibility index (Phi) is 5.44. The lowest BCUT2D eigenvalue weighted by Gasteiger charge is -2.40. The third-order valence-electron chi connectivity index (χ3n) is 5.23. The fourth-order valence-corrected chi connectivity index (χ4v) is 3.26. The Hall–Kier alpha value is -0.610. The molecule has 0 aliphatic carbocycles. The molecule has 2 saturated heterocycles. The van der Waals surface area contributed by atoms with Gasteiger partial charge in [-0.3, -0.25) is 4.79 Å². The van der Waals surface area contributed by atoms with E-state index in [0.29, 0.717) is 17.9 Å². The Morgan fingerprint density at radius 1 is 0.950 bits per heavy atom. The van der Waals surface area contributed by atoms with E-state index in [9.17, 15) is 4.79 Å². The first kappa shape index (κ1) is 15.8. The molecule has 2 aliphatic rings. The number of piperidine rings is 1. The molecular formula is C16H31N3O. The number of likely N-dealkylation sites (tertiary alicyclic amines) is 1. The zero-order valence-electron chi connectivity index (χ0n) is 13.6. The number of likely N-dealkylation sites (N-methyl/N-ethyl adjacent to an activating group) is 1. The van der Waals surface area contributed by atoms with Gasteiger partial charge in [-0.1, -0.05) is 13.8 Å². The van der Waals surface area contributed by atoms with Gasteiger partial charge < -0.3 is 14.7 Å². The smallest absolute Gasteiger partial charge is 0.225 e. The molecule has 0 saturated carbocycles. The Labute approximate surface area is 124 Å². The second-order valence-corrected chi connectivity index (χ2v) is 6.92. The van der Waals surface area contributed by atoms with Crippen LogP contribution in [0.2, 0.25) is 0 Å². The predicted molar refractivity (Wildman–Crippen MR) is 82.7 cm³/mol. The summed E-state index contributed by atoms with van der Waals surface area (Å²) in [7, 11) is 2.13. The van der Waals surface area contributed by atoms with Crippen molar-refractivity contribution in [3.63, 3.8) is 0 Å². The van der Waals surface area contributed by atoms with Gasteiger partial charge in [-0.2, -0.15) is 0 Å². The van der Waals surface area contributed by atoms with Crippen LogP contribution in [0.5, 0.6) is 0 Å². The van der Waals surface area contributed by atoms with Crippen LogP contribution in [-0.4, -0.2) is 73.0 Å². The Morgan fingerprint density at radius 3 is 2.00 bits per heavy atom. The van der Waals surface area contributed by atoms with Gasteiger partial charge in [-0.25, -0.2) is 0 Å². The quantitative estimate of drug-likeness (QED) is 0.785. The molecule has 0 aromatic heterocycles. The van der Waals surface area contributed by atoms with Gasteiger partial charge in [-0.15, -0.1) is 0 Å². The normalized spacial score (nSPS) is 25.1. The van der Waals surface area contributed by atoms with E-state index in [2.05, 4.69) is 42.5 Å². The molecule has 0 spiro atoms. The van der Waals surface area contributed by atoms with Gasteiger partial charge in [0.05, 0.1) is 0 Å². The van der Waals surface area contributed by atoms with E-state index in [4.69, 9.17) is 0 Å². The van der Waals surface area contributed by atoms with E-state index < -0.39 is 0 Å². The van der Waals surface area contributed by atoms with Gasteiger partial charge in [0, 0.05) is 38.1 Å². The Bertz CT molecular complexity index is 316. The highest BCUT2D eigenvalue weighted by Crippen LogP contribution is 2.23. The highest BCUT2D eigenvalue weighted by atomic mass is 16.2. The molecule has 2 heterocycles. The van der Waals surface area contributed by atoms with Gasteiger partial charge in [0.1, 0.15) is 0 Å². The van der Waals surface area contributed by atoms with Crippen molar-refractivity contribution in [2.75, 3.05) is 46.3 Å². The number of piperazine rings is 1. The summed E-state index contributed by atoms with van der Waals surface area (Å²) in [4.78, 5) is 19.5. The molecule has 0 radical (unpaired) electrons. The standard InChI is InChI=1S/C16H31N3O/c1-13(2)14(3)18-7-5-15(6-8-18)16(20)19-11-9-17(4)10-12-19/h13-15H,5-12H2,1-4H3. The van der Waals surface area contributed by atoms with Crippen LogP contribution in [0, 0.1) is 11.8 Å². The third-order valence-corrected chi connectivity index (χ3v) is 5.23. The molecule has 1 amide bonds. The van der Waals surface area contributed by atoms with Gasteiger partial charge >= 0.3 is 0 Å². The fraction of sp³-hybridized carbons (Fsp3) is 0.938. The van der Waals surface area contributed by atoms with Gasteiger partial charge in [-0.05, 0) is 45.8 Å². The van der Waals surface area contributed by atoms with Crippen LogP contribution in [0.4, 0.5) is 0 Å². The highest BCUT2D eigenvalue weighted by molar-refractivity contribution is 5.79. The fourth-order valence-electron chi connectivity index (χ4n) is 3.26. The lowest BCUT2D eigenvalue weighted by atomic mass is 9.92. The molecule has 20 heavy (non-hydrogen) atoms. The zero-order valence-corrected chi connectivity index (χ0v) is 13.6. The number of hydrogen-bond donors (Lipinski definition) is 0. The maximum absolute atomic E-state index is 12.6. The first-order valence-corrected chi connectivity index (χ1v) is 8.20. The monoisotopic (exact) mass is 281 g/mol. The SMILES string of the molecule is CC(C)C(C)N1CCC(C(=O)N2CCN(C)CC2)CC1. The van der Waals surface area contributed by atoms with Crippen LogP contribution in [0.1, 0.15) is 33.6 Å². The topological polar surface area (TPSA) is 26.8 Å². The molecule has 0 aromatic rings. The molecule has 2 fully saturated rings. The average Bonchev–Trinajstić information content (AvgIpc) is 2.46. The van der Waals surface area contributed by atoms with E-state index >= 15 is 0 Å². The third kappa shape index (κ3) is 3.73. The van der Waals surface area contributed by atoms with Crippen molar-refractivity contribution >= 4 is 5.91 Å². The summed E-state index contributed by atoms with van der Waals surface area (Å²) in [5, 5.41) is 0. The molecule has 4 nitrogen and oxygen atoms in total. The van der Waals surface area contributed by atoms with Crippen molar-refractivity contribution < 1.29 is 4.79 Å². The number of hydrogen-bond acceptors (Lipinski definition) is 3. The molecule has 0 aromatic carbocycles. The highest BCUT2D eigenvalue weighted by Gasteiger charge is 2.31. The lowest BCUT2D eigenvalue weighted by Crippen LogP contribution is -2.51. The summed E-state index contributed by atoms with van der Waals surface area (Å²) in [5.41, 5.74) is 0. The molecule has 1 unspecified atom stereocenters. The summed E-state index contributed by atoms with van der Waals surface area (Å²) in [6.45, 7) is 12.9. The zero-order chi connectivity index (χ0) is 14.7. The minimum Gasteiger partial charge on any atom is -0.340 e. The van der Waals surface area contributed by atoms with Crippen LogP contribution in [0.25, 0.3) is 0 Å². The molecule has 2 aliphatic heterocycles. The summed E-state index contributed by atoms with van der Waals surface area (Å²) >= 11 is 0. The number of amides is 1. The van der Waals surface area contributed by atoms with Crippen LogP contribution >= 0.6 is 0 Å². The van der Waals surface area contributed by atoms with Crippen molar-refractivity contribution in [3.8, 4) is 0 Å². The van der Waals surface area contributed by atoms with Gasteiger partial charge in [0.2, 0.25) is 5.91 Å². The van der Waals surface area contributed by atoms with E-state index in [1.54, 1.807) is 0 Å². The minimum absolute atomic E-state index is 0.272. The second kappa shape index (κ2) is 6.90. The number of rotatable bonds is 3. The van der Waals surface area contributed by atoms with Gasteiger partial charge in [0.15, 0.2) is 0 Å². The second-order valence-electron chi connectivity index (χ2n) is 6.92. The van der Waals surface area contributed by atoms with Crippen LogP contribution in [-0.2, 0) is 4.79 Å². The maximum atomic E-state index is 12.6. The summed E-state index contributed by atoms with van der Waals surface area (Å²) < 4.78 is 0. The summed E-state index contributed by atoms with van der Waals surface area (Å²) in [6, 6.07) is 0.634. The van der Waals surface area contributed by atoms with Crippen molar-refractivity contribution in [2.45, 2.75) is 39.7 Å². The van der Waals surface area contributed by atoms with E-state index in [1.165, 1.54) is 0 Å². The molecule has 1 atom stereocenters. The molecule has 0 bridgehead atoms. The summed E-state index contributed by atoms with van der Waals surface area (Å²) in [6.07, 6.45) is 2.09. The number of nitrogens with zero attached hydrogens (tertiary/aromatic N) is 3. The first-order valence-electron chi connectivity index (χ1n) is 8.20. The molecular weight excluding hydrogens is 250 g/mol. The molecule has 0 N–H and O–H groups in total. The van der Waals surface area contributed by atoms with E-state index in [0.717, 1.165) is 52.1 Å². The minimum atomic E-state index is 0.272. The Balaban J connectivity index is 1.80. The molecule has 4 heteroatoms. The van der Waals surface area contributed by atoms with Gasteiger partial charge in [0.25, 0.3) is 0 Å². The van der Waals surface area contributed by atoms with E-state index in [1.807, 2.05) is 0 Å². The van der Waals surface area contributed by atoms with Crippen molar-refractivity contribution in [2.24, 2.45) is 11.8 Å².